The molecular formula is C12H22O4. The summed E-state index contributed by atoms with van der Waals surface area (Å²) in [6.07, 6.45) is 1.70. The van der Waals surface area contributed by atoms with Crippen molar-refractivity contribution in [3.63, 3.8) is 0 Å². The number of esters is 1. The Morgan fingerprint density at radius 1 is 1.19 bits per heavy atom. The van der Waals surface area contributed by atoms with Crippen LogP contribution < -0.4 is 0 Å². The van der Waals surface area contributed by atoms with Gasteiger partial charge in [0.05, 0.1) is 12.2 Å². The van der Waals surface area contributed by atoms with Crippen LogP contribution in [0.2, 0.25) is 0 Å². The molecule has 16 heavy (non-hydrogen) atoms. The number of carbonyl (C=O) groups is 1. The summed E-state index contributed by atoms with van der Waals surface area (Å²) in [7, 11) is 0. The first-order valence-electron chi connectivity index (χ1n) is 5.32. The standard InChI is InChI=1S/C12H22O4/c1-7-10(13)14-9-8-12(5,6)16-15-11(2,3)4/h7H,1,8-9H2,2-6H3. The summed E-state index contributed by atoms with van der Waals surface area (Å²) in [6, 6.07) is 0. The molecule has 0 rings (SSSR count). The van der Waals surface area contributed by atoms with Crippen LogP contribution in [-0.4, -0.2) is 23.8 Å². The van der Waals surface area contributed by atoms with E-state index in [9.17, 15) is 4.79 Å². The van der Waals surface area contributed by atoms with Gasteiger partial charge in [0.1, 0.15) is 5.60 Å². The fraction of sp³-hybridized carbons (Fsp3) is 0.750. The molecule has 0 aromatic rings. The van der Waals surface area contributed by atoms with Gasteiger partial charge in [0, 0.05) is 12.5 Å². The maximum atomic E-state index is 10.8. The van der Waals surface area contributed by atoms with Gasteiger partial charge < -0.3 is 4.74 Å². The van der Waals surface area contributed by atoms with Crippen LogP contribution in [0.1, 0.15) is 41.0 Å². The maximum absolute atomic E-state index is 10.8. The second kappa shape index (κ2) is 6.01. The molecule has 0 aliphatic carbocycles. The molecule has 0 aliphatic heterocycles. The van der Waals surface area contributed by atoms with Gasteiger partial charge in [-0.25, -0.2) is 14.6 Å². The van der Waals surface area contributed by atoms with Crippen LogP contribution >= 0.6 is 0 Å². The summed E-state index contributed by atoms with van der Waals surface area (Å²) in [6.45, 7) is 13.1. The third-order valence-corrected chi connectivity index (χ3v) is 1.63. The first-order chi connectivity index (χ1) is 7.16. The Morgan fingerprint density at radius 3 is 2.19 bits per heavy atom. The molecule has 0 aromatic carbocycles. The Balaban J connectivity index is 3.87. The van der Waals surface area contributed by atoms with Gasteiger partial charge in [-0.1, -0.05) is 6.58 Å². The number of carbonyl (C=O) groups excluding carboxylic acids is 1. The Labute approximate surface area is 97.5 Å². The summed E-state index contributed by atoms with van der Waals surface area (Å²) in [5.41, 5.74) is -0.843. The lowest BCUT2D eigenvalue weighted by Gasteiger charge is -2.28. The highest BCUT2D eigenvalue weighted by atomic mass is 17.2. The van der Waals surface area contributed by atoms with Crippen LogP contribution in [0.5, 0.6) is 0 Å². The normalized spacial score (nSPS) is 12.3. The highest BCUT2D eigenvalue weighted by molar-refractivity contribution is 5.81. The van der Waals surface area contributed by atoms with Crippen molar-refractivity contribution in [2.45, 2.75) is 52.2 Å². The minimum atomic E-state index is -0.491. The fourth-order valence-electron chi connectivity index (χ4n) is 0.736. The number of ether oxygens (including phenoxy) is 1. The van der Waals surface area contributed by atoms with Crippen LogP contribution in [0.3, 0.4) is 0 Å². The molecule has 0 amide bonds. The molecule has 0 atom stereocenters. The van der Waals surface area contributed by atoms with Gasteiger partial charge in [-0.2, -0.15) is 0 Å². The summed E-state index contributed by atoms with van der Waals surface area (Å²) in [5.74, 6) is -0.424. The largest absolute Gasteiger partial charge is 0.462 e. The van der Waals surface area contributed by atoms with E-state index in [0.29, 0.717) is 6.42 Å². The Hall–Kier alpha value is -0.870. The van der Waals surface area contributed by atoms with E-state index < -0.39 is 11.6 Å². The van der Waals surface area contributed by atoms with Crippen molar-refractivity contribution >= 4 is 5.97 Å². The molecule has 0 aromatic heterocycles. The van der Waals surface area contributed by atoms with Gasteiger partial charge in [0.2, 0.25) is 0 Å². The third-order valence-electron chi connectivity index (χ3n) is 1.63. The predicted molar refractivity (Wildman–Crippen MR) is 61.8 cm³/mol. The third kappa shape index (κ3) is 8.44. The monoisotopic (exact) mass is 230 g/mol. The minimum Gasteiger partial charge on any atom is -0.462 e. The molecular weight excluding hydrogens is 208 g/mol. The molecule has 0 spiro atoms. The van der Waals surface area contributed by atoms with Crippen LogP contribution in [-0.2, 0) is 19.3 Å². The lowest BCUT2D eigenvalue weighted by atomic mass is 10.1. The van der Waals surface area contributed by atoms with Crippen molar-refractivity contribution in [1.82, 2.24) is 0 Å². The second-order valence-electron chi connectivity index (χ2n) is 5.16. The first-order valence-corrected chi connectivity index (χ1v) is 5.32. The average molecular weight is 230 g/mol. The van der Waals surface area contributed by atoms with Crippen LogP contribution in [0, 0.1) is 0 Å². The van der Waals surface area contributed by atoms with E-state index in [1.54, 1.807) is 0 Å². The lowest BCUT2D eigenvalue weighted by Crippen LogP contribution is -2.32. The van der Waals surface area contributed by atoms with E-state index in [1.807, 2.05) is 34.6 Å². The van der Waals surface area contributed by atoms with Crippen molar-refractivity contribution in [3.05, 3.63) is 12.7 Å². The molecule has 0 saturated heterocycles. The van der Waals surface area contributed by atoms with E-state index in [-0.39, 0.29) is 12.2 Å². The van der Waals surface area contributed by atoms with E-state index in [0.717, 1.165) is 6.08 Å². The number of rotatable bonds is 6. The van der Waals surface area contributed by atoms with E-state index in [2.05, 4.69) is 6.58 Å². The molecule has 4 nitrogen and oxygen atoms in total. The van der Waals surface area contributed by atoms with Crippen molar-refractivity contribution in [3.8, 4) is 0 Å². The zero-order valence-corrected chi connectivity index (χ0v) is 10.8. The predicted octanol–water partition coefficient (Wildman–Crippen LogP) is 2.63. The molecule has 94 valence electrons. The Morgan fingerprint density at radius 2 is 1.75 bits per heavy atom. The van der Waals surface area contributed by atoms with E-state index >= 15 is 0 Å². The highest BCUT2D eigenvalue weighted by Gasteiger charge is 2.24. The zero-order valence-electron chi connectivity index (χ0n) is 10.8. The van der Waals surface area contributed by atoms with Gasteiger partial charge in [-0.3, -0.25) is 0 Å². The molecule has 4 heteroatoms. The summed E-state index contributed by atoms with van der Waals surface area (Å²) < 4.78 is 4.87. The molecule has 0 heterocycles. The van der Waals surface area contributed by atoms with Crippen LogP contribution in [0.25, 0.3) is 0 Å². The summed E-state index contributed by atoms with van der Waals surface area (Å²) in [5, 5.41) is 0. The van der Waals surface area contributed by atoms with Gasteiger partial charge in [0.15, 0.2) is 0 Å². The van der Waals surface area contributed by atoms with Gasteiger partial charge in [0.25, 0.3) is 0 Å². The molecule has 0 unspecified atom stereocenters. The van der Waals surface area contributed by atoms with Gasteiger partial charge in [-0.15, -0.1) is 0 Å². The smallest absolute Gasteiger partial charge is 0.330 e. The molecule has 0 saturated carbocycles. The number of hydrogen-bond acceptors (Lipinski definition) is 4. The lowest BCUT2D eigenvalue weighted by molar-refractivity contribution is -0.398. The summed E-state index contributed by atoms with van der Waals surface area (Å²) in [4.78, 5) is 21.3. The van der Waals surface area contributed by atoms with Crippen LogP contribution in [0.4, 0.5) is 0 Å². The van der Waals surface area contributed by atoms with E-state index in [1.165, 1.54) is 0 Å². The summed E-state index contributed by atoms with van der Waals surface area (Å²) >= 11 is 0. The van der Waals surface area contributed by atoms with Gasteiger partial charge >= 0.3 is 5.97 Å². The maximum Gasteiger partial charge on any atom is 0.330 e. The highest BCUT2D eigenvalue weighted by Crippen LogP contribution is 2.19. The number of hydrogen-bond donors (Lipinski definition) is 0. The van der Waals surface area contributed by atoms with Crippen molar-refractivity contribution in [2.75, 3.05) is 6.61 Å². The molecule has 0 bridgehead atoms. The molecule has 0 radical (unpaired) electrons. The zero-order chi connectivity index (χ0) is 12.8. The van der Waals surface area contributed by atoms with Crippen molar-refractivity contribution < 1.29 is 19.3 Å². The second-order valence-corrected chi connectivity index (χ2v) is 5.16. The van der Waals surface area contributed by atoms with E-state index in [4.69, 9.17) is 14.5 Å². The fourth-order valence-corrected chi connectivity index (χ4v) is 0.736. The molecule has 0 aliphatic rings. The van der Waals surface area contributed by atoms with Gasteiger partial charge in [-0.05, 0) is 34.6 Å². The topological polar surface area (TPSA) is 44.8 Å². The molecule has 0 fully saturated rings. The minimum absolute atomic E-state index is 0.283. The first kappa shape index (κ1) is 15.1. The van der Waals surface area contributed by atoms with Crippen LogP contribution in [0.15, 0.2) is 12.7 Å². The Kier molecular flexibility index (Phi) is 5.68. The Bertz CT molecular complexity index is 238. The molecule has 0 N–H and O–H groups in total. The quantitative estimate of drug-likeness (QED) is 0.304. The average Bonchev–Trinajstić information content (AvgIpc) is 2.13. The SMILES string of the molecule is C=CC(=O)OCCC(C)(C)OOC(C)(C)C. The van der Waals surface area contributed by atoms with Crippen molar-refractivity contribution in [1.29, 1.82) is 0 Å². The van der Waals surface area contributed by atoms with Crippen molar-refractivity contribution in [2.24, 2.45) is 0 Å².